The molecule has 1 aromatic carbocycles. The van der Waals surface area contributed by atoms with Crippen LogP contribution in [0.4, 0.5) is 0 Å². The van der Waals surface area contributed by atoms with Crippen molar-refractivity contribution in [2.45, 2.75) is 30.8 Å². The van der Waals surface area contributed by atoms with Crippen molar-refractivity contribution in [3.8, 4) is 0 Å². The number of aliphatic hydroxyl groups excluding tert-OH is 1. The molecule has 1 fully saturated rings. The summed E-state index contributed by atoms with van der Waals surface area (Å²) in [6, 6.07) is 10.4. The van der Waals surface area contributed by atoms with E-state index in [9.17, 15) is 5.11 Å². The SMILES string of the molecule is OC(Cc1nccs1)C1(c2ccccc2)CC1. The van der Waals surface area contributed by atoms with Gasteiger partial charge in [0.15, 0.2) is 0 Å². The van der Waals surface area contributed by atoms with Crippen LogP contribution in [-0.4, -0.2) is 16.2 Å². The fourth-order valence-electron chi connectivity index (χ4n) is 2.43. The zero-order valence-electron chi connectivity index (χ0n) is 9.54. The largest absolute Gasteiger partial charge is 0.392 e. The molecule has 88 valence electrons. The number of nitrogens with zero attached hydrogens (tertiary/aromatic N) is 1. The van der Waals surface area contributed by atoms with E-state index < -0.39 is 0 Å². The summed E-state index contributed by atoms with van der Waals surface area (Å²) >= 11 is 1.62. The van der Waals surface area contributed by atoms with Crippen LogP contribution in [0.2, 0.25) is 0 Å². The highest BCUT2D eigenvalue weighted by atomic mass is 32.1. The van der Waals surface area contributed by atoms with Crippen molar-refractivity contribution in [1.82, 2.24) is 4.98 Å². The van der Waals surface area contributed by atoms with E-state index >= 15 is 0 Å². The van der Waals surface area contributed by atoms with Crippen LogP contribution in [0.15, 0.2) is 41.9 Å². The fourth-order valence-corrected chi connectivity index (χ4v) is 3.09. The predicted molar refractivity (Wildman–Crippen MR) is 69.2 cm³/mol. The first-order valence-corrected chi connectivity index (χ1v) is 6.81. The van der Waals surface area contributed by atoms with Crippen molar-refractivity contribution in [2.75, 3.05) is 0 Å². The maximum Gasteiger partial charge on any atom is 0.0950 e. The Kier molecular flexibility index (Phi) is 2.73. The Labute approximate surface area is 105 Å². The van der Waals surface area contributed by atoms with Crippen molar-refractivity contribution in [2.24, 2.45) is 0 Å². The molecule has 1 aliphatic rings. The molecule has 1 aromatic heterocycles. The summed E-state index contributed by atoms with van der Waals surface area (Å²) < 4.78 is 0. The highest BCUT2D eigenvalue weighted by molar-refractivity contribution is 7.09. The number of rotatable bonds is 4. The average molecular weight is 245 g/mol. The van der Waals surface area contributed by atoms with Gasteiger partial charge < -0.3 is 5.11 Å². The number of benzene rings is 1. The first-order valence-electron chi connectivity index (χ1n) is 5.93. The van der Waals surface area contributed by atoms with Crippen LogP contribution < -0.4 is 0 Å². The summed E-state index contributed by atoms with van der Waals surface area (Å²) in [6.45, 7) is 0. The number of hydrogen-bond acceptors (Lipinski definition) is 3. The molecule has 0 saturated heterocycles. The topological polar surface area (TPSA) is 33.1 Å². The minimum Gasteiger partial charge on any atom is -0.392 e. The van der Waals surface area contributed by atoms with Crippen LogP contribution >= 0.6 is 11.3 Å². The van der Waals surface area contributed by atoms with Gasteiger partial charge in [0.05, 0.1) is 11.1 Å². The molecular formula is C14H15NOS. The fraction of sp³-hybridized carbons (Fsp3) is 0.357. The van der Waals surface area contributed by atoms with Crippen LogP contribution in [-0.2, 0) is 11.8 Å². The Hall–Kier alpha value is -1.19. The number of thiazole rings is 1. The van der Waals surface area contributed by atoms with E-state index in [0.717, 1.165) is 17.8 Å². The molecule has 1 aliphatic carbocycles. The van der Waals surface area contributed by atoms with Crippen molar-refractivity contribution in [3.63, 3.8) is 0 Å². The number of aromatic nitrogens is 1. The zero-order valence-corrected chi connectivity index (χ0v) is 10.4. The Balaban J connectivity index is 1.80. The summed E-state index contributed by atoms with van der Waals surface area (Å²) in [5, 5.41) is 13.4. The second-order valence-corrected chi connectivity index (χ2v) is 5.65. The molecule has 3 rings (SSSR count). The second-order valence-electron chi connectivity index (χ2n) is 4.67. The Morgan fingerprint density at radius 3 is 2.65 bits per heavy atom. The first kappa shape index (κ1) is 10.9. The molecule has 17 heavy (non-hydrogen) atoms. The average Bonchev–Trinajstić information content (AvgIpc) is 3.04. The van der Waals surface area contributed by atoms with Crippen LogP contribution in [0.25, 0.3) is 0 Å². The molecule has 1 unspecified atom stereocenters. The van der Waals surface area contributed by atoms with Gasteiger partial charge in [-0.3, -0.25) is 0 Å². The van der Waals surface area contributed by atoms with E-state index in [1.165, 1.54) is 5.56 Å². The normalized spacial score (nSPS) is 18.9. The summed E-state index contributed by atoms with van der Waals surface area (Å²) in [5.41, 5.74) is 1.26. The third-order valence-electron chi connectivity index (χ3n) is 3.63. The van der Waals surface area contributed by atoms with Crippen molar-refractivity contribution >= 4 is 11.3 Å². The highest BCUT2D eigenvalue weighted by Crippen LogP contribution is 2.51. The molecule has 3 heteroatoms. The van der Waals surface area contributed by atoms with E-state index in [2.05, 4.69) is 17.1 Å². The number of aliphatic hydroxyl groups is 1. The highest BCUT2D eigenvalue weighted by Gasteiger charge is 2.50. The summed E-state index contributed by atoms with van der Waals surface area (Å²) in [6.07, 6.45) is 4.34. The van der Waals surface area contributed by atoms with Gasteiger partial charge in [-0.25, -0.2) is 4.98 Å². The van der Waals surface area contributed by atoms with Crippen LogP contribution in [0, 0.1) is 0 Å². The molecule has 2 nitrogen and oxygen atoms in total. The second kappa shape index (κ2) is 4.24. The Morgan fingerprint density at radius 1 is 1.29 bits per heavy atom. The molecule has 0 amide bonds. The smallest absolute Gasteiger partial charge is 0.0950 e. The first-order chi connectivity index (χ1) is 8.31. The molecular weight excluding hydrogens is 230 g/mol. The van der Waals surface area contributed by atoms with Crippen molar-refractivity contribution in [1.29, 1.82) is 0 Å². The molecule has 1 heterocycles. The molecule has 0 aliphatic heterocycles. The zero-order chi connectivity index (χ0) is 11.7. The standard InChI is InChI=1S/C14H15NOS/c16-12(10-13-15-8-9-17-13)14(6-7-14)11-4-2-1-3-5-11/h1-5,8-9,12,16H,6-7,10H2. The lowest BCUT2D eigenvalue weighted by Crippen LogP contribution is -2.28. The van der Waals surface area contributed by atoms with Gasteiger partial charge in [-0.05, 0) is 18.4 Å². The maximum atomic E-state index is 10.4. The van der Waals surface area contributed by atoms with Gasteiger partial charge in [0.2, 0.25) is 0 Å². The lowest BCUT2D eigenvalue weighted by molar-refractivity contribution is 0.131. The number of hydrogen-bond donors (Lipinski definition) is 1. The van der Waals surface area contributed by atoms with E-state index in [4.69, 9.17) is 0 Å². The minimum atomic E-state index is -0.309. The molecule has 1 atom stereocenters. The third-order valence-corrected chi connectivity index (χ3v) is 4.43. The van der Waals surface area contributed by atoms with Gasteiger partial charge in [0.1, 0.15) is 0 Å². The minimum absolute atomic E-state index is 0.00701. The lowest BCUT2D eigenvalue weighted by Gasteiger charge is -2.22. The molecule has 1 saturated carbocycles. The van der Waals surface area contributed by atoms with Gasteiger partial charge in [0.25, 0.3) is 0 Å². The van der Waals surface area contributed by atoms with Crippen molar-refractivity contribution in [3.05, 3.63) is 52.5 Å². The molecule has 0 bridgehead atoms. The molecule has 2 aromatic rings. The monoisotopic (exact) mass is 245 g/mol. The van der Waals surface area contributed by atoms with Gasteiger partial charge in [-0.1, -0.05) is 30.3 Å². The van der Waals surface area contributed by atoms with Gasteiger partial charge in [0, 0.05) is 23.4 Å². The van der Waals surface area contributed by atoms with E-state index in [-0.39, 0.29) is 11.5 Å². The van der Waals surface area contributed by atoms with E-state index in [0.29, 0.717) is 6.42 Å². The van der Waals surface area contributed by atoms with Crippen LogP contribution in [0.3, 0.4) is 0 Å². The summed E-state index contributed by atoms with van der Waals surface area (Å²) in [7, 11) is 0. The van der Waals surface area contributed by atoms with Crippen LogP contribution in [0.1, 0.15) is 23.4 Å². The van der Waals surface area contributed by atoms with Gasteiger partial charge >= 0.3 is 0 Å². The van der Waals surface area contributed by atoms with Crippen molar-refractivity contribution < 1.29 is 5.11 Å². The third kappa shape index (κ3) is 2.01. The predicted octanol–water partition coefficient (Wildman–Crippen LogP) is 2.78. The van der Waals surface area contributed by atoms with E-state index in [1.54, 1.807) is 17.5 Å². The Morgan fingerprint density at radius 2 is 2.06 bits per heavy atom. The molecule has 0 spiro atoms. The molecule has 0 radical (unpaired) electrons. The Bertz CT molecular complexity index is 476. The maximum absolute atomic E-state index is 10.4. The summed E-state index contributed by atoms with van der Waals surface area (Å²) in [4.78, 5) is 4.25. The quantitative estimate of drug-likeness (QED) is 0.898. The van der Waals surface area contributed by atoms with E-state index in [1.807, 2.05) is 23.6 Å². The van der Waals surface area contributed by atoms with Gasteiger partial charge in [-0.15, -0.1) is 11.3 Å². The van der Waals surface area contributed by atoms with Crippen LogP contribution in [0.5, 0.6) is 0 Å². The van der Waals surface area contributed by atoms with Gasteiger partial charge in [-0.2, -0.15) is 0 Å². The lowest BCUT2D eigenvalue weighted by atomic mass is 9.88. The summed E-state index contributed by atoms with van der Waals surface area (Å²) in [5.74, 6) is 0. The molecule has 1 N–H and O–H groups in total.